The molecule has 2 saturated heterocycles. The molecule has 1 aromatic heterocycles. The van der Waals surface area contributed by atoms with Gasteiger partial charge in [0.15, 0.2) is 0 Å². The third kappa shape index (κ3) is 2.53. The Kier molecular flexibility index (Phi) is 3.44. The molecule has 1 aromatic rings. The van der Waals surface area contributed by atoms with Gasteiger partial charge in [-0.15, -0.1) is 11.3 Å². The molecule has 2 N–H and O–H groups in total. The normalized spacial score (nSPS) is 33.2. The van der Waals surface area contributed by atoms with E-state index in [0.29, 0.717) is 6.04 Å². The van der Waals surface area contributed by atoms with Crippen molar-refractivity contribution in [1.29, 1.82) is 0 Å². The molecule has 2 atom stereocenters. The van der Waals surface area contributed by atoms with E-state index >= 15 is 0 Å². The minimum absolute atomic E-state index is 0.444. The zero-order chi connectivity index (χ0) is 11.8. The first kappa shape index (κ1) is 12.0. The molecule has 2 unspecified atom stereocenters. The highest BCUT2D eigenvalue weighted by Crippen LogP contribution is 2.35. The van der Waals surface area contributed by atoms with E-state index in [1.54, 1.807) is 11.3 Å². The van der Waals surface area contributed by atoms with Gasteiger partial charge in [0.2, 0.25) is 0 Å². The van der Waals surface area contributed by atoms with E-state index in [-0.39, 0.29) is 0 Å². The number of thiophene rings is 1. The number of halogens is 1. The van der Waals surface area contributed by atoms with Crippen molar-refractivity contribution in [2.24, 2.45) is 5.73 Å². The molecule has 0 spiro atoms. The average molecular weight is 271 g/mol. The van der Waals surface area contributed by atoms with Crippen LogP contribution in [0.3, 0.4) is 0 Å². The van der Waals surface area contributed by atoms with E-state index in [1.165, 1.54) is 37.1 Å². The van der Waals surface area contributed by atoms with Gasteiger partial charge in [0, 0.05) is 29.5 Å². The van der Waals surface area contributed by atoms with Crippen LogP contribution in [0.15, 0.2) is 12.1 Å². The molecule has 3 heterocycles. The molecule has 4 heteroatoms. The minimum atomic E-state index is 0.444. The highest BCUT2D eigenvalue weighted by Gasteiger charge is 2.38. The molecule has 0 aliphatic carbocycles. The van der Waals surface area contributed by atoms with E-state index in [0.717, 1.165) is 22.8 Å². The number of nitrogens with two attached hydrogens (primary N) is 1. The maximum Gasteiger partial charge on any atom is 0.0931 e. The van der Waals surface area contributed by atoms with Crippen molar-refractivity contribution < 1.29 is 0 Å². The fourth-order valence-electron chi connectivity index (χ4n) is 3.41. The Hall–Kier alpha value is -0.0900. The molecule has 3 rings (SSSR count). The summed E-state index contributed by atoms with van der Waals surface area (Å²) in [5.74, 6) is 0. The third-order valence-electron chi connectivity index (χ3n) is 4.17. The molecule has 2 fully saturated rings. The van der Waals surface area contributed by atoms with Gasteiger partial charge in [-0.1, -0.05) is 11.6 Å². The van der Waals surface area contributed by atoms with Gasteiger partial charge in [-0.2, -0.15) is 0 Å². The van der Waals surface area contributed by atoms with Crippen molar-refractivity contribution in [2.45, 2.75) is 50.2 Å². The van der Waals surface area contributed by atoms with Crippen LogP contribution in [0.4, 0.5) is 0 Å². The maximum absolute atomic E-state index is 6.09. The molecular formula is C13H19ClN2S. The fraction of sp³-hybridized carbons (Fsp3) is 0.692. The topological polar surface area (TPSA) is 29.3 Å². The monoisotopic (exact) mass is 270 g/mol. The predicted molar refractivity (Wildman–Crippen MR) is 73.8 cm³/mol. The van der Waals surface area contributed by atoms with Gasteiger partial charge in [0.1, 0.15) is 0 Å². The van der Waals surface area contributed by atoms with Gasteiger partial charge in [-0.05, 0) is 44.2 Å². The summed E-state index contributed by atoms with van der Waals surface area (Å²) in [6.07, 6.45) is 6.23. The lowest BCUT2D eigenvalue weighted by molar-refractivity contribution is 0.130. The molecule has 0 aromatic carbocycles. The van der Waals surface area contributed by atoms with Crippen LogP contribution in [0, 0.1) is 0 Å². The molecule has 94 valence electrons. The van der Waals surface area contributed by atoms with Crippen molar-refractivity contribution in [2.75, 3.05) is 6.54 Å². The lowest BCUT2D eigenvalue weighted by atomic mass is 9.98. The average Bonchev–Trinajstić information content (AvgIpc) is 2.79. The Balaban J connectivity index is 1.59. The summed E-state index contributed by atoms with van der Waals surface area (Å²) in [5, 5.41) is 0. The Morgan fingerprint density at radius 1 is 1.29 bits per heavy atom. The summed E-state index contributed by atoms with van der Waals surface area (Å²) < 4.78 is 0.906. The van der Waals surface area contributed by atoms with Crippen LogP contribution in [-0.2, 0) is 6.42 Å². The van der Waals surface area contributed by atoms with E-state index in [4.69, 9.17) is 17.3 Å². The Morgan fingerprint density at radius 2 is 2.00 bits per heavy atom. The van der Waals surface area contributed by atoms with E-state index < -0.39 is 0 Å². The van der Waals surface area contributed by atoms with Crippen molar-refractivity contribution >= 4 is 22.9 Å². The van der Waals surface area contributed by atoms with Crippen LogP contribution in [0.5, 0.6) is 0 Å². The lowest BCUT2D eigenvalue weighted by Crippen LogP contribution is -2.47. The summed E-state index contributed by atoms with van der Waals surface area (Å²) in [7, 11) is 0. The van der Waals surface area contributed by atoms with Crippen molar-refractivity contribution in [1.82, 2.24) is 4.90 Å². The Bertz CT molecular complexity index is 379. The first-order valence-electron chi connectivity index (χ1n) is 6.48. The number of fused-ring (bicyclic) bond motifs is 2. The quantitative estimate of drug-likeness (QED) is 0.915. The van der Waals surface area contributed by atoms with Gasteiger partial charge in [0.05, 0.1) is 4.34 Å². The molecule has 17 heavy (non-hydrogen) atoms. The van der Waals surface area contributed by atoms with Crippen LogP contribution >= 0.6 is 22.9 Å². The first-order chi connectivity index (χ1) is 8.22. The van der Waals surface area contributed by atoms with Crippen LogP contribution < -0.4 is 5.73 Å². The first-order valence-corrected chi connectivity index (χ1v) is 7.67. The van der Waals surface area contributed by atoms with Gasteiger partial charge < -0.3 is 5.73 Å². The molecular weight excluding hydrogens is 252 g/mol. The zero-order valence-corrected chi connectivity index (χ0v) is 11.5. The van der Waals surface area contributed by atoms with Crippen LogP contribution in [0.1, 0.15) is 30.6 Å². The van der Waals surface area contributed by atoms with Crippen molar-refractivity contribution in [3.63, 3.8) is 0 Å². The third-order valence-corrected chi connectivity index (χ3v) is 5.46. The van der Waals surface area contributed by atoms with Gasteiger partial charge in [-0.3, -0.25) is 4.90 Å². The Morgan fingerprint density at radius 3 is 2.59 bits per heavy atom. The number of rotatable bonds is 3. The van der Waals surface area contributed by atoms with Crippen molar-refractivity contribution in [3.05, 3.63) is 21.3 Å². The fourth-order valence-corrected chi connectivity index (χ4v) is 4.48. The predicted octanol–water partition coefficient (Wildman–Crippen LogP) is 2.90. The molecule has 0 radical (unpaired) electrons. The summed E-state index contributed by atoms with van der Waals surface area (Å²) >= 11 is 7.67. The SMILES string of the molecule is NC1CC2CCC(C1)N2CCc1ccc(Cl)s1. The summed E-state index contributed by atoms with van der Waals surface area (Å²) in [4.78, 5) is 4.10. The molecule has 0 saturated carbocycles. The van der Waals surface area contributed by atoms with Crippen LogP contribution in [-0.4, -0.2) is 29.6 Å². The Labute approximate surface area is 112 Å². The molecule has 2 aliphatic heterocycles. The van der Waals surface area contributed by atoms with Crippen LogP contribution in [0.2, 0.25) is 4.34 Å². The molecule has 2 nitrogen and oxygen atoms in total. The highest BCUT2D eigenvalue weighted by molar-refractivity contribution is 7.16. The number of hydrogen-bond donors (Lipinski definition) is 1. The number of nitrogens with zero attached hydrogens (tertiary/aromatic N) is 1. The highest BCUT2D eigenvalue weighted by atomic mass is 35.5. The standard InChI is InChI=1S/C13H19ClN2S/c14-13-4-3-12(17-13)5-6-16-10-1-2-11(16)8-9(15)7-10/h3-4,9-11H,1-2,5-8,15H2. The van der Waals surface area contributed by atoms with Gasteiger partial charge in [-0.25, -0.2) is 0 Å². The largest absolute Gasteiger partial charge is 0.328 e. The molecule has 0 amide bonds. The van der Waals surface area contributed by atoms with Crippen molar-refractivity contribution in [3.8, 4) is 0 Å². The zero-order valence-electron chi connectivity index (χ0n) is 9.94. The van der Waals surface area contributed by atoms with E-state index in [1.807, 2.05) is 6.07 Å². The summed E-state index contributed by atoms with van der Waals surface area (Å²) in [6, 6.07) is 6.10. The molecule has 2 aliphatic rings. The maximum atomic E-state index is 6.09. The summed E-state index contributed by atoms with van der Waals surface area (Å²) in [6.45, 7) is 1.18. The second-order valence-electron chi connectivity index (χ2n) is 5.31. The second kappa shape index (κ2) is 4.88. The lowest BCUT2D eigenvalue weighted by Gasteiger charge is -2.37. The second-order valence-corrected chi connectivity index (χ2v) is 7.11. The number of piperidine rings is 1. The van der Waals surface area contributed by atoms with Gasteiger partial charge >= 0.3 is 0 Å². The summed E-state index contributed by atoms with van der Waals surface area (Å²) in [5.41, 5.74) is 6.09. The van der Waals surface area contributed by atoms with Crippen LogP contribution in [0.25, 0.3) is 0 Å². The molecule has 2 bridgehead atoms. The van der Waals surface area contributed by atoms with E-state index in [9.17, 15) is 0 Å². The minimum Gasteiger partial charge on any atom is -0.328 e. The smallest absolute Gasteiger partial charge is 0.0931 e. The van der Waals surface area contributed by atoms with Gasteiger partial charge in [0.25, 0.3) is 0 Å². The van der Waals surface area contributed by atoms with E-state index in [2.05, 4.69) is 11.0 Å². The number of hydrogen-bond acceptors (Lipinski definition) is 3.